The first-order valence-corrected chi connectivity index (χ1v) is 9.70. The van der Waals surface area contributed by atoms with Crippen LogP contribution in [0.2, 0.25) is 0 Å². The predicted molar refractivity (Wildman–Crippen MR) is 100 cm³/mol. The molecule has 0 amide bonds. The van der Waals surface area contributed by atoms with E-state index in [1.54, 1.807) is 10.6 Å². The van der Waals surface area contributed by atoms with E-state index < -0.39 is 0 Å². The molecule has 0 saturated heterocycles. The molecule has 4 nitrogen and oxygen atoms in total. The molecule has 0 bridgehead atoms. The first-order valence-electron chi connectivity index (χ1n) is 7.25. The fourth-order valence-electron chi connectivity index (χ4n) is 2.54. The van der Waals surface area contributed by atoms with Crippen molar-refractivity contribution in [3.8, 4) is 11.8 Å². The van der Waals surface area contributed by atoms with Crippen LogP contribution >= 0.6 is 23.5 Å². The van der Waals surface area contributed by atoms with Gasteiger partial charge in [0.05, 0.1) is 10.5 Å². The predicted octanol–water partition coefficient (Wildman–Crippen LogP) is 4.01. The average Bonchev–Trinajstić information content (AvgIpc) is 2.61. The highest BCUT2D eigenvalue weighted by atomic mass is 32.2. The van der Waals surface area contributed by atoms with Crippen molar-refractivity contribution >= 4 is 34.4 Å². The van der Waals surface area contributed by atoms with Gasteiger partial charge in [-0.1, -0.05) is 17.7 Å². The van der Waals surface area contributed by atoms with E-state index in [4.69, 9.17) is 0 Å². The molecule has 0 aliphatic heterocycles. The summed E-state index contributed by atoms with van der Waals surface area (Å²) in [6.07, 6.45) is 3.90. The summed E-state index contributed by atoms with van der Waals surface area (Å²) in [5.74, 6) is 0. The van der Waals surface area contributed by atoms with Crippen LogP contribution in [0, 0.1) is 18.3 Å². The van der Waals surface area contributed by atoms with Crippen LogP contribution in [0.3, 0.4) is 0 Å². The third kappa shape index (κ3) is 2.81. The molecule has 0 spiro atoms. The first-order chi connectivity index (χ1) is 11.6. The van der Waals surface area contributed by atoms with Crippen LogP contribution in [0.25, 0.3) is 16.6 Å². The van der Waals surface area contributed by atoms with Gasteiger partial charge < -0.3 is 0 Å². The largest absolute Gasteiger partial charge is 0.276 e. The Morgan fingerprint density at radius 1 is 1.12 bits per heavy atom. The highest BCUT2D eigenvalue weighted by Crippen LogP contribution is 2.29. The highest BCUT2D eigenvalue weighted by Gasteiger charge is 2.15. The maximum atomic E-state index is 12.8. The number of thioether (sulfide) groups is 2. The molecule has 2 aromatic heterocycles. The van der Waals surface area contributed by atoms with E-state index in [9.17, 15) is 10.1 Å². The Balaban J connectivity index is 2.49. The highest BCUT2D eigenvalue weighted by molar-refractivity contribution is 7.99. The van der Waals surface area contributed by atoms with E-state index in [1.165, 1.54) is 23.5 Å². The molecular formula is C18H15N3OS2. The number of aromatic nitrogens is 2. The normalized spacial score (nSPS) is 10.8. The average molecular weight is 353 g/mol. The smallest absolute Gasteiger partial charge is 0.273 e. The lowest BCUT2D eigenvalue weighted by Gasteiger charge is -2.14. The number of fused-ring (bicyclic) bond motifs is 1. The second kappa shape index (κ2) is 6.71. The summed E-state index contributed by atoms with van der Waals surface area (Å²) in [6.45, 7) is 2.00. The van der Waals surface area contributed by atoms with E-state index >= 15 is 0 Å². The van der Waals surface area contributed by atoms with Crippen LogP contribution in [0.1, 0.15) is 11.1 Å². The Bertz CT molecular complexity index is 1020. The lowest BCUT2D eigenvalue weighted by Crippen LogP contribution is -2.21. The molecule has 120 valence electrons. The maximum absolute atomic E-state index is 12.8. The zero-order chi connectivity index (χ0) is 17.3. The zero-order valence-corrected chi connectivity index (χ0v) is 15.2. The molecule has 0 saturated carbocycles. The Morgan fingerprint density at radius 3 is 2.42 bits per heavy atom. The van der Waals surface area contributed by atoms with Crippen LogP contribution in [0.4, 0.5) is 0 Å². The Hall–Kier alpha value is -2.23. The summed E-state index contributed by atoms with van der Waals surface area (Å²) in [5.41, 5.74) is 2.45. The van der Waals surface area contributed by atoms with Gasteiger partial charge in [-0.2, -0.15) is 5.26 Å². The van der Waals surface area contributed by atoms with E-state index in [0.717, 1.165) is 32.2 Å². The van der Waals surface area contributed by atoms with Crippen molar-refractivity contribution in [1.82, 2.24) is 9.55 Å². The number of hydrogen-bond donors (Lipinski definition) is 0. The molecule has 0 unspecified atom stereocenters. The third-order valence-electron chi connectivity index (χ3n) is 3.76. The molecule has 0 aliphatic rings. The molecule has 1 aromatic carbocycles. The summed E-state index contributed by atoms with van der Waals surface area (Å²) in [7, 11) is 0. The van der Waals surface area contributed by atoms with Gasteiger partial charge in [-0.15, -0.1) is 23.5 Å². The van der Waals surface area contributed by atoms with Crippen molar-refractivity contribution in [3.05, 3.63) is 57.9 Å². The SMILES string of the molecule is CSc1cc2c(cc(C#N)c(=O)n2-c2ccc(C)cc2)c(SC)n1. The van der Waals surface area contributed by atoms with Crippen molar-refractivity contribution < 1.29 is 0 Å². The number of pyridine rings is 2. The van der Waals surface area contributed by atoms with Crippen LogP contribution in [-0.2, 0) is 0 Å². The number of nitriles is 1. The van der Waals surface area contributed by atoms with Crippen molar-refractivity contribution in [3.63, 3.8) is 0 Å². The minimum atomic E-state index is -0.306. The molecule has 2 heterocycles. The standard InChI is InChI=1S/C18H15N3OS2/c1-11-4-6-13(7-5-11)21-15-9-16(23-2)20-17(24-3)14(15)8-12(10-19)18(21)22/h4-9H,1-3H3. The molecule has 3 rings (SSSR count). The van der Waals surface area contributed by atoms with Crippen molar-refractivity contribution in [2.24, 2.45) is 0 Å². The van der Waals surface area contributed by atoms with Crippen molar-refractivity contribution in [1.29, 1.82) is 5.26 Å². The molecule has 0 fully saturated rings. The molecule has 0 atom stereocenters. The molecule has 6 heteroatoms. The zero-order valence-electron chi connectivity index (χ0n) is 13.5. The van der Waals surface area contributed by atoms with Gasteiger partial charge in [-0.3, -0.25) is 9.36 Å². The summed E-state index contributed by atoms with van der Waals surface area (Å²) in [5, 5.41) is 11.8. The van der Waals surface area contributed by atoms with Gasteiger partial charge in [0.1, 0.15) is 16.7 Å². The van der Waals surface area contributed by atoms with E-state index in [2.05, 4.69) is 4.98 Å². The quantitative estimate of drug-likeness (QED) is 0.666. The van der Waals surface area contributed by atoms with Crippen molar-refractivity contribution in [2.75, 3.05) is 12.5 Å². The summed E-state index contributed by atoms with van der Waals surface area (Å²) < 4.78 is 1.61. The summed E-state index contributed by atoms with van der Waals surface area (Å²) >= 11 is 3.04. The second-order valence-electron chi connectivity index (χ2n) is 5.25. The van der Waals surface area contributed by atoms with Crippen LogP contribution in [0.15, 0.2) is 51.2 Å². The van der Waals surface area contributed by atoms with Crippen LogP contribution in [-0.4, -0.2) is 22.1 Å². The minimum absolute atomic E-state index is 0.122. The van der Waals surface area contributed by atoms with E-state index in [0.29, 0.717) is 0 Å². The Kier molecular flexibility index (Phi) is 4.65. The number of benzene rings is 1. The lowest BCUT2D eigenvalue weighted by atomic mass is 10.1. The molecule has 0 radical (unpaired) electrons. The minimum Gasteiger partial charge on any atom is -0.276 e. The number of rotatable bonds is 3. The van der Waals surface area contributed by atoms with Crippen LogP contribution < -0.4 is 5.56 Å². The number of aryl methyl sites for hydroxylation is 1. The number of nitrogens with zero attached hydrogens (tertiary/aromatic N) is 3. The molecule has 24 heavy (non-hydrogen) atoms. The van der Waals surface area contributed by atoms with E-state index in [-0.39, 0.29) is 11.1 Å². The van der Waals surface area contributed by atoms with Gasteiger partial charge in [-0.25, -0.2) is 4.98 Å². The second-order valence-corrected chi connectivity index (χ2v) is 6.87. The van der Waals surface area contributed by atoms with Gasteiger partial charge in [0, 0.05) is 11.1 Å². The van der Waals surface area contributed by atoms with Gasteiger partial charge >= 0.3 is 0 Å². The molecule has 0 N–H and O–H groups in total. The monoisotopic (exact) mass is 353 g/mol. The van der Waals surface area contributed by atoms with Crippen LogP contribution in [0.5, 0.6) is 0 Å². The maximum Gasteiger partial charge on any atom is 0.273 e. The van der Waals surface area contributed by atoms with Gasteiger partial charge in [0.15, 0.2) is 0 Å². The summed E-state index contributed by atoms with van der Waals surface area (Å²) in [6, 6.07) is 13.3. The van der Waals surface area contributed by atoms with Gasteiger partial charge in [-0.05, 0) is 43.7 Å². The third-order valence-corrected chi connectivity index (χ3v) is 5.08. The topological polar surface area (TPSA) is 58.7 Å². The van der Waals surface area contributed by atoms with Crippen molar-refractivity contribution in [2.45, 2.75) is 17.0 Å². The first kappa shape index (κ1) is 16.6. The fourth-order valence-corrected chi connectivity index (χ4v) is 3.59. The van der Waals surface area contributed by atoms with Gasteiger partial charge in [0.2, 0.25) is 0 Å². The molecular weight excluding hydrogens is 338 g/mol. The Labute approximate surface area is 148 Å². The van der Waals surface area contributed by atoms with Gasteiger partial charge in [0.25, 0.3) is 5.56 Å². The molecule has 3 aromatic rings. The lowest BCUT2D eigenvalue weighted by molar-refractivity contribution is 0.984. The summed E-state index contributed by atoms with van der Waals surface area (Å²) in [4.78, 5) is 17.4. The number of hydrogen-bond acceptors (Lipinski definition) is 5. The van der Waals surface area contributed by atoms with E-state index in [1.807, 2.05) is 55.8 Å². The fraction of sp³-hybridized carbons (Fsp3) is 0.167. The molecule has 0 aliphatic carbocycles. The Morgan fingerprint density at radius 2 is 1.83 bits per heavy atom.